The maximum absolute atomic E-state index is 10.6. The maximum Gasteiger partial charge on any atom is 0.312 e. The van der Waals surface area contributed by atoms with Gasteiger partial charge in [-0.05, 0) is 17.7 Å². The molecule has 0 aliphatic rings. The number of rotatable bonds is 5. The first-order valence-electron chi connectivity index (χ1n) is 5.60. The number of nitrogens with zero attached hydrogens (tertiary/aromatic N) is 1. The van der Waals surface area contributed by atoms with Gasteiger partial charge >= 0.3 is 6.03 Å². The SMILES string of the molecule is NC(=O)NCc1ccc(NCc2cnc(Cl)s2)cc1. The number of carbonyl (C=O) groups excluding carboxylic acids is 1. The Labute approximate surface area is 119 Å². The Bertz CT molecular complexity index is 555. The number of carbonyl (C=O) groups is 1. The molecule has 0 saturated carbocycles. The topological polar surface area (TPSA) is 80.0 Å². The van der Waals surface area contributed by atoms with Crippen molar-refractivity contribution in [2.75, 3.05) is 5.32 Å². The molecule has 1 heterocycles. The lowest BCUT2D eigenvalue weighted by Crippen LogP contribution is -2.28. The van der Waals surface area contributed by atoms with Crippen LogP contribution in [0.1, 0.15) is 10.4 Å². The van der Waals surface area contributed by atoms with Crippen LogP contribution >= 0.6 is 22.9 Å². The minimum atomic E-state index is -0.524. The van der Waals surface area contributed by atoms with Gasteiger partial charge in [0.15, 0.2) is 4.47 Å². The number of nitrogens with two attached hydrogens (primary N) is 1. The minimum Gasteiger partial charge on any atom is -0.380 e. The van der Waals surface area contributed by atoms with Crippen LogP contribution in [0.3, 0.4) is 0 Å². The lowest BCUT2D eigenvalue weighted by Gasteiger charge is -2.06. The minimum absolute atomic E-state index is 0.431. The van der Waals surface area contributed by atoms with Crippen LogP contribution < -0.4 is 16.4 Å². The van der Waals surface area contributed by atoms with Crippen molar-refractivity contribution in [3.63, 3.8) is 0 Å². The highest BCUT2D eigenvalue weighted by atomic mass is 35.5. The predicted molar refractivity (Wildman–Crippen MR) is 77.3 cm³/mol. The van der Waals surface area contributed by atoms with Crippen LogP contribution in [0.2, 0.25) is 4.47 Å². The van der Waals surface area contributed by atoms with E-state index in [-0.39, 0.29) is 0 Å². The fourth-order valence-corrected chi connectivity index (χ4v) is 2.40. The van der Waals surface area contributed by atoms with Gasteiger partial charge in [0, 0.05) is 23.3 Å². The van der Waals surface area contributed by atoms with Crippen LogP contribution in [-0.4, -0.2) is 11.0 Å². The van der Waals surface area contributed by atoms with Crippen LogP contribution in [0.5, 0.6) is 0 Å². The first-order valence-corrected chi connectivity index (χ1v) is 6.79. The van der Waals surface area contributed by atoms with Gasteiger partial charge in [0.1, 0.15) is 0 Å². The van der Waals surface area contributed by atoms with Gasteiger partial charge in [0.25, 0.3) is 0 Å². The van der Waals surface area contributed by atoms with E-state index in [1.165, 1.54) is 11.3 Å². The molecule has 0 aliphatic heterocycles. The van der Waals surface area contributed by atoms with Crippen molar-refractivity contribution in [1.82, 2.24) is 10.3 Å². The lowest BCUT2D eigenvalue weighted by atomic mass is 10.2. The molecule has 1 aromatic carbocycles. The fraction of sp³-hybridized carbons (Fsp3) is 0.167. The zero-order chi connectivity index (χ0) is 13.7. The number of halogens is 1. The van der Waals surface area contributed by atoms with E-state index in [9.17, 15) is 4.79 Å². The second-order valence-corrected chi connectivity index (χ2v) is 5.55. The Morgan fingerprint density at radius 2 is 2.05 bits per heavy atom. The molecule has 0 bridgehead atoms. The van der Waals surface area contributed by atoms with Crippen molar-refractivity contribution in [3.05, 3.63) is 45.4 Å². The van der Waals surface area contributed by atoms with Gasteiger partial charge in [-0.2, -0.15) is 0 Å². The number of aromatic nitrogens is 1. The number of benzene rings is 1. The summed E-state index contributed by atoms with van der Waals surface area (Å²) in [5, 5.41) is 5.81. The van der Waals surface area contributed by atoms with E-state index >= 15 is 0 Å². The number of anilines is 1. The van der Waals surface area contributed by atoms with E-state index in [0.717, 1.165) is 16.1 Å². The summed E-state index contributed by atoms with van der Waals surface area (Å²) in [4.78, 5) is 15.6. The number of nitrogens with one attached hydrogen (secondary N) is 2. The third-order valence-corrected chi connectivity index (χ3v) is 3.53. The molecule has 1 aromatic heterocycles. The summed E-state index contributed by atoms with van der Waals surface area (Å²) in [6.07, 6.45) is 1.76. The smallest absolute Gasteiger partial charge is 0.312 e. The molecule has 2 aromatic rings. The first-order chi connectivity index (χ1) is 9.13. The van der Waals surface area contributed by atoms with E-state index < -0.39 is 6.03 Å². The highest BCUT2D eigenvalue weighted by Gasteiger charge is 2.00. The second kappa shape index (κ2) is 6.40. The molecular weight excluding hydrogens is 284 g/mol. The van der Waals surface area contributed by atoms with E-state index in [4.69, 9.17) is 17.3 Å². The quantitative estimate of drug-likeness (QED) is 0.793. The van der Waals surface area contributed by atoms with Gasteiger partial charge in [0.2, 0.25) is 0 Å². The highest BCUT2D eigenvalue weighted by Crippen LogP contribution is 2.19. The molecule has 0 atom stereocenters. The second-order valence-electron chi connectivity index (χ2n) is 3.85. The average molecular weight is 297 g/mol. The van der Waals surface area contributed by atoms with Gasteiger partial charge in [0.05, 0.1) is 6.54 Å². The molecule has 100 valence electrons. The van der Waals surface area contributed by atoms with Crippen molar-refractivity contribution < 1.29 is 4.79 Å². The Hall–Kier alpha value is -1.79. The molecule has 19 heavy (non-hydrogen) atoms. The van der Waals surface area contributed by atoms with Gasteiger partial charge in [-0.1, -0.05) is 23.7 Å². The Morgan fingerprint density at radius 1 is 1.32 bits per heavy atom. The van der Waals surface area contributed by atoms with Crippen LogP contribution in [0.15, 0.2) is 30.5 Å². The molecular formula is C12H13ClN4OS. The number of hydrogen-bond donors (Lipinski definition) is 3. The lowest BCUT2D eigenvalue weighted by molar-refractivity contribution is 0.248. The van der Waals surface area contributed by atoms with E-state index in [1.807, 2.05) is 24.3 Å². The average Bonchev–Trinajstić information content (AvgIpc) is 2.81. The van der Waals surface area contributed by atoms with Crippen molar-refractivity contribution in [3.8, 4) is 0 Å². The summed E-state index contributed by atoms with van der Waals surface area (Å²) in [6, 6.07) is 7.22. The van der Waals surface area contributed by atoms with Crippen molar-refractivity contribution in [1.29, 1.82) is 0 Å². The number of hydrogen-bond acceptors (Lipinski definition) is 4. The zero-order valence-corrected chi connectivity index (χ0v) is 11.6. The summed E-state index contributed by atoms with van der Waals surface area (Å²) in [5.41, 5.74) is 6.99. The summed E-state index contributed by atoms with van der Waals surface area (Å²) < 4.78 is 0.546. The predicted octanol–water partition coefficient (Wildman–Crippen LogP) is 2.58. The third-order valence-electron chi connectivity index (χ3n) is 2.41. The van der Waals surface area contributed by atoms with Crippen molar-refractivity contribution in [2.45, 2.75) is 13.1 Å². The van der Waals surface area contributed by atoms with E-state index in [0.29, 0.717) is 17.6 Å². The maximum atomic E-state index is 10.6. The Balaban J connectivity index is 1.86. The van der Waals surface area contributed by atoms with Crippen LogP contribution in [0.4, 0.5) is 10.5 Å². The standard InChI is InChI=1S/C12H13ClN4OS/c13-11-16-7-10(19-11)6-15-9-3-1-8(2-4-9)5-17-12(14)18/h1-4,7,15H,5-6H2,(H3,14,17,18). The zero-order valence-electron chi connectivity index (χ0n) is 10.0. The number of primary amides is 1. The molecule has 2 rings (SSSR count). The van der Waals surface area contributed by atoms with Gasteiger partial charge in [-0.15, -0.1) is 11.3 Å². The van der Waals surface area contributed by atoms with Crippen LogP contribution in [0.25, 0.3) is 0 Å². The Kier molecular flexibility index (Phi) is 4.59. The van der Waals surface area contributed by atoms with Crippen LogP contribution in [-0.2, 0) is 13.1 Å². The summed E-state index contributed by atoms with van der Waals surface area (Å²) in [6.45, 7) is 1.11. The third kappa shape index (κ3) is 4.42. The van der Waals surface area contributed by atoms with Gasteiger partial charge < -0.3 is 16.4 Å². The van der Waals surface area contributed by atoms with Crippen molar-refractivity contribution in [2.24, 2.45) is 5.73 Å². The molecule has 0 unspecified atom stereocenters. The highest BCUT2D eigenvalue weighted by molar-refractivity contribution is 7.15. The molecule has 0 fully saturated rings. The molecule has 0 radical (unpaired) electrons. The number of amides is 2. The van der Waals surface area contributed by atoms with Crippen LogP contribution in [0, 0.1) is 0 Å². The molecule has 0 aliphatic carbocycles. The first kappa shape index (κ1) is 13.6. The fourth-order valence-electron chi connectivity index (χ4n) is 1.48. The molecule has 2 amide bonds. The molecule has 0 spiro atoms. The molecule has 5 nitrogen and oxygen atoms in total. The molecule has 0 saturated heterocycles. The number of urea groups is 1. The Morgan fingerprint density at radius 3 is 2.63 bits per heavy atom. The molecule has 7 heteroatoms. The summed E-state index contributed by atoms with van der Waals surface area (Å²) in [5.74, 6) is 0. The van der Waals surface area contributed by atoms with Gasteiger partial charge in [-0.3, -0.25) is 0 Å². The van der Waals surface area contributed by atoms with Gasteiger partial charge in [-0.25, -0.2) is 9.78 Å². The monoisotopic (exact) mass is 296 g/mol. The largest absolute Gasteiger partial charge is 0.380 e. The summed E-state index contributed by atoms with van der Waals surface area (Å²) in [7, 11) is 0. The van der Waals surface area contributed by atoms with E-state index in [2.05, 4.69) is 15.6 Å². The normalized spacial score (nSPS) is 10.2. The van der Waals surface area contributed by atoms with Crippen molar-refractivity contribution >= 4 is 34.7 Å². The summed E-state index contributed by atoms with van der Waals surface area (Å²) >= 11 is 7.21. The molecule has 4 N–H and O–H groups in total. The number of thiazole rings is 1. The van der Waals surface area contributed by atoms with E-state index in [1.54, 1.807) is 6.20 Å².